The molecule has 0 aliphatic rings. The molecule has 1 rings (SSSR count). The van der Waals surface area contributed by atoms with Crippen LogP contribution in [0.5, 0.6) is 0 Å². The van der Waals surface area contributed by atoms with Crippen LogP contribution < -0.4 is 5.73 Å². The number of hydrogen-bond donors (Lipinski definition) is 2. The summed E-state index contributed by atoms with van der Waals surface area (Å²) >= 11 is 0. The van der Waals surface area contributed by atoms with Gasteiger partial charge in [-0.1, -0.05) is 0 Å². The summed E-state index contributed by atoms with van der Waals surface area (Å²) in [4.78, 5) is 10.7. The zero-order valence-corrected chi connectivity index (χ0v) is 8.18. The van der Waals surface area contributed by atoms with Gasteiger partial charge in [-0.3, -0.25) is 9.48 Å². The quantitative estimate of drug-likeness (QED) is 0.701. The number of carbonyl (C=O) groups is 1. The number of carboxylic acids is 1. The molecule has 3 N–H and O–H groups in total. The Balaban J connectivity index is 2.62. The van der Waals surface area contributed by atoms with Gasteiger partial charge in [0.25, 0.3) is 0 Å². The van der Waals surface area contributed by atoms with Crippen LogP contribution in [-0.4, -0.2) is 27.4 Å². The highest BCUT2D eigenvalue weighted by atomic mass is 16.4. The molecule has 0 bridgehead atoms. The van der Waals surface area contributed by atoms with Crippen LogP contribution in [0.4, 0.5) is 0 Å². The normalized spacial score (nSPS) is 12.7. The molecule has 0 radical (unpaired) electrons. The van der Waals surface area contributed by atoms with Gasteiger partial charge in [0.05, 0.1) is 12.1 Å². The molecule has 1 aromatic heterocycles. The summed E-state index contributed by atoms with van der Waals surface area (Å²) in [5.74, 6) is -1.36. The largest absolute Gasteiger partial charge is 0.481 e. The Morgan fingerprint density at radius 2 is 2.50 bits per heavy atom. The second-order valence-electron chi connectivity index (χ2n) is 3.18. The van der Waals surface area contributed by atoms with Crippen molar-refractivity contribution in [1.82, 2.24) is 9.78 Å². The number of aliphatic carboxylic acids is 1. The SMILES string of the molecule is CCn1cc(CC(CN)C(=O)O)cn1. The minimum Gasteiger partial charge on any atom is -0.481 e. The van der Waals surface area contributed by atoms with Gasteiger partial charge < -0.3 is 10.8 Å². The second-order valence-corrected chi connectivity index (χ2v) is 3.18. The van der Waals surface area contributed by atoms with Crippen LogP contribution in [0.1, 0.15) is 12.5 Å². The first-order chi connectivity index (χ1) is 6.67. The molecule has 0 spiro atoms. The standard InChI is InChI=1S/C9H15N3O2/c1-2-12-6-7(5-11-12)3-8(4-10)9(13)14/h5-6,8H,2-4,10H2,1H3,(H,13,14). The molecule has 0 amide bonds. The maximum atomic E-state index is 10.7. The van der Waals surface area contributed by atoms with E-state index in [0.717, 1.165) is 12.1 Å². The lowest BCUT2D eigenvalue weighted by Crippen LogP contribution is -2.25. The molecule has 1 unspecified atom stereocenters. The summed E-state index contributed by atoms with van der Waals surface area (Å²) in [5.41, 5.74) is 6.27. The molecule has 1 aromatic rings. The van der Waals surface area contributed by atoms with Gasteiger partial charge in [-0.15, -0.1) is 0 Å². The van der Waals surface area contributed by atoms with Crippen LogP contribution in [0.2, 0.25) is 0 Å². The number of aryl methyl sites for hydroxylation is 1. The van der Waals surface area contributed by atoms with Crippen molar-refractivity contribution in [1.29, 1.82) is 0 Å². The summed E-state index contributed by atoms with van der Waals surface area (Å²) in [6, 6.07) is 0. The van der Waals surface area contributed by atoms with Crippen molar-refractivity contribution in [3.05, 3.63) is 18.0 Å². The predicted octanol–water partition coefficient (Wildman–Crippen LogP) is 0.105. The fourth-order valence-electron chi connectivity index (χ4n) is 1.24. The molecule has 0 aliphatic carbocycles. The number of aromatic nitrogens is 2. The molecule has 0 fully saturated rings. The van der Waals surface area contributed by atoms with E-state index in [2.05, 4.69) is 5.10 Å². The Morgan fingerprint density at radius 1 is 1.79 bits per heavy atom. The lowest BCUT2D eigenvalue weighted by Gasteiger charge is -2.06. The highest BCUT2D eigenvalue weighted by Crippen LogP contribution is 2.07. The van der Waals surface area contributed by atoms with E-state index >= 15 is 0 Å². The Morgan fingerprint density at radius 3 is 2.93 bits per heavy atom. The Kier molecular flexibility index (Phi) is 3.64. The predicted molar refractivity (Wildman–Crippen MR) is 51.8 cm³/mol. The third-order valence-electron chi connectivity index (χ3n) is 2.13. The van der Waals surface area contributed by atoms with Crippen molar-refractivity contribution in [3.63, 3.8) is 0 Å². The fourth-order valence-corrected chi connectivity index (χ4v) is 1.24. The molecule has 5 nitrogen and oxygen atoms in total. The summed E-state index contributed by atoms with van der Waals surface area (Å²) < 4.78 is 1.77. The smallest absolute Gasteiger partial charge is 0.308 e. The first kappa shape index (κ1) is 10.7. The second kappa shape index (κ2) is 4.76. The van der Waals surface area contributed by atoms with Crippen molar-refractivity contribution < 1.29 is 9.90 Å². The van der Waals surface area contributed by atoms with Gasteiger partial charge >= 0.3 is 5.97 Å². The van der Waals surface area contributed by atoms with Gasteiger partial charge in [0, 0.05) is 19.3 Å². The molecule has 14 heavy (non-hydrogen) atoms. The van der Waals surface area contributed by atoms with Crippen molar-refractivity contribution >= 4 is 5.97 Å². The van der Waals surface area contributed by atoms with Crippen molar-refractivity contribution in [3.8, 4) is 0 Å². The average Bonchev–Trinajstić information content (AvgIpc) is 2.61. The summed E-state index contributed by atoms with van der Waals surface area (Å²) in [5, 5.41) is 12.9. The van der Waals surface area contributed by atoms with E-state index in [9.17, 15) is 4.79 Å². The molecular weight excluding hydrogens is 182 g/mol. The lowest BCUT2D eigenvalue weighted by atomic mass is 10.0. The Labute approximate surface area is 82.5 Å². The minimum absolute atomic E-state index is 0.159. The molecule has 5 heteroatoms. The van der Waals surface area contributed by atoms with E-state index < -0.39 is 11.9 Å². The topological polar surface area (TPSA) is 81.1 Å². The zero-order valence-electron chi connectivity index (χ0n) is 8.18. The van der Waals surface area contributed by atoms with Crippen LogP contribution in [0.15, 0.2) is 12.4 Å². The summed E-state index contributed by atoms with van der Waals surface area (Å²) in [7, 11) is 0. The van der Waals surface area contributed by atoms with E-state index in [1.165, 1.54) is 0 Å². The van der Waals surface area contributed by atoms with Gasteiger partial charge in [-0.05, 0) is 18.9 Å². The van der Waals surface area contributed by atoms with Crippen LogP contribution in [0, 0.1) is 5.92 Å². The average molecular weight is 197 g/mol. The summed E-state index contributed by atoms with van der Waals surface area (Å²) in [6.45, 7) is 2.93. The van der Waals surface area contributed by atoms with E-state index in [1.807, 2.05) is 13.1 Å². The molecule has 0 aromatic carbocycles. The molecule has 0 aliphatic heterocycles. The fraction of sp³-hybridized carbons (Fsp3) is 0.556. The number of rotatable bonds is 5. The number of nitrogens with zero attached hydrogens (tertiary/aromatic N) is 2. The van der Waals surface area contributed by atoms with Crippen molar-refractivity contribution in [2.45, 2.75) is 19.9 Å². The van der Waals surface area contributed by atoms with Gasteiger partial charge in [-0.2, -0.15) is 5.10 Å². The van der Waals surface area contributed by atoms with E-state index in [0.29, 0.717) is 6.42 Å². The van der Waals surface area contributed by atoms with Crippen molar-refractivity contribution in [2.24, 2.45) is 11.7 Å². The highest BCUT2D eigenvalue weighted by Gasteiger charge is 2.16. The van der Waals surface area contributed by atoms with Crippen LogP contribution in [0.3, 0.4) is 0 Å². The Bertz CT molecular complexity index is 309. The van der Waals surface area contributed by atoms with Gasteiger partial charge in [0.2, 0.25) is 0 Å². The highest BCUT2D eigenvalue weighted by molar-refractivity contribution is 5.70. The molecule has 1 atom stereocenters. The molecule has 78 valence electrons. The molecule has 1 heterocycles. The maximum absolute atomic E-state index is 10.7. The number of hydrogen-bond acceptors (Lipinski definition) is 3. The monoisotopic (exact) mass is 197 g/mol. The van der Waals surface area contributed by atoms with E-state index in [-0.39, 0.29) is 6.54 Å². The molecule has 0 saturated heterocycles. The first-order valence-electron chi connectivity index (χ1n) is 4.61. The number of carboxylic acid groups (broad SMARTS) is 1. The summed E-state index contributed by atoms with van der Waals surface area (Å²) in [6.07, 6.45) is 3.99. The third-order valence-corrected chi connectivity index (χ3v) is 2.13. The van der Waals surface area contributed by atoms with Crippen molar-refractivity contribution in [2.75, 3.05) is 6.54 Å². The minimum atomic E-state index is -0.850. The zero-order chi connectivity index (χ0) is 10.6. The van der Waals surface area contributed by atoms with E-state index in [1.54, 1.807) is 10.9 Å². The van der Waals surface area contributed by atoms with Gasteiger partial charge in [0.1, 0.15) is 0 Å². The third kappa shape index (κ3) is 2.56. The first-order valence-corrected chi connectivity index (χ1v) is 4.61. The number of nitrogens with two attached hydrogens (primary N) is 1. The van der Waals surface area contributed by atoms with Crippen LogP contribution >= 0.6 is 0 Å². The van der Waals surface area contributed by atoms with Gasteiger partial charge in [0.15, 0.2) is 0 Å². The van der Waals surface area contributed by atoms with Gasteiger partial charge in [-0.25, -0.2) is 0 Å². The maximum Gasteiger partial charge on any atom is 0.308 e. The van der Waals surface area contributed by atoms with Crippen LogP contribution in [0.25, 0.3) is 0 Å². The Hall–Kier alpha value is -1.36. The van der Waals surface area contributed by atoms with E-state index in [4.69, 9.17) is 10.8 Å². The lowest BCUT2D eigenvalue weighted by molar-refractivity contribution is -0.141. The molecule has 0 saturated carbocycles. The molecular formula is C9H15N3O2. The van der Waals surface area contributed by atoms with Crippen LogP contribution in [-0.2, 0) is 17.8 Å².